The molecule has 0 aliphatic rings. The lowest BCUT2D eigenvalue weighted by Crippen LogP contribution is -2.25. The molecule has 0 aromatic carbocycles. The van der Waals surface area contributed by atoms with Crippen LogP contribution in [0.5, 0.6) is 0 Å². The van der Waals surface area contributed by atoms with E-state index in [0.29, 0.717) is 12.8 Å². The standard InChI is InChI=1S/C42H82O5/c1-4-5-6-7-8-9-10-11-13-17-20-23-26-29-32-35-41(44)46-37-40(43)38-47-42(45)36-33-30-27-24-21-18-15-12-14-16-19-22-25-28-31-34-39(2)3/h39-40,43H,4-38H2,1-3H3/t40-/m1/s1. The largest absolute Gasteiger partial charge is 0.463 e. The number of esters is 2. The predicted molar refractivity (Wildman–Crippen MR) is 201 cm³/mol. The Morgan fingerprint density at radius 1 is 0.426 bits per heavy atom. The highest BCUT2D eigenvalue weighted by Gasteiger charge is 2.12. The average molecular weight is 667 g/mol. The highest BCUT2D eigenvalue weighted by Crippen LogP contribution is 2.16. The Hall–Kier alpha value is -1.10. The molecule has 1 N–H and O–H groups in total. The SMILES string of the molecule is CCCCCCCCCCCCCCCCCC(=O)OC[C@@H](O)COC(=O)CCCCCCCCCCCCCCCCCC(C)C. The Kier molecular flexibility index (Phi) is 36.8. The summed E-state index contributed by atoms with van der Waals surface area (Å²) in [7, 11) is 0. The molecule has 280 valence electrons. The number of hydrogen-bond acceptors (Lipinski definition) is 5. The van der Waals surface area contributed by atoms with Crippen LogP contribution in [0.15, 0.2) is 0 Å². The second-order valence-corrected chi connectivity index (χ2v) is 15.0. The molecule has 47 heavy (non-hydrogen) atoms. The summed E-state index contributed by atoms with van der Waals surface area (Å²) in [5.74, 6) is 0.307. The van der Waals surface area contributed by atoms with Crippen LogP contribution in [0.1, 0.15) is 233 Å². The van der Waals surface area contributed by atoms with Crippen molar-refractivity contribution >= 4 is 11.9 Å². The fourth-order valence-electron chi connectivity index (χ4n) is 6.33. The van der Waals surface area contributed by atoms with E-state index in [-0.39, 0.29) is 25.2 Å². The molecule has 0 bridgehead atoms. The topological polar surface area (TPSA) is 72.8 Å². The normalized spacial score (nSPS) is 12.1. The molecule has 0 aromatic heterocycles. The van der Waals surface area contributed by atoms with Crippen LogP contribution in [0.25, 0.3) is 0 Å². The van der Waals surface area contributed by atoms with Crippen LogP contribution in [0, 0.1) is 5.92 Å². The van der Waals surface area contributed by atoms with Gasteiger partial charge in [-0.3, -0.25) is 9.59 Å². The molecule has 0 rings (SSSR count). The average Bonchev–Trinajstić information content (AvgIpc) is 3.05. The van der Waals surface area contributed by atoms with Crippen molar-refractivity contribution < 1.29 is 24.2 Å². The van der Waals surface area contributed by atoms with E-state index in [4.69, 9.17) is 9.47 Å². The van der Waals surface area contributed by atoms with Crippen LogP contribution in [-0.4, -0.2) is 36.4 Å². The second-order valence-electron chi connectivity index (χ2n) is 15.0. The van der Waals surface area contributed by atoms with Crippen LogP contribution in [0.3, 0.4) is 0 Å². The van der Waals surface area contributed by atoms with Gasteiger partial charge in [0, 0.05) is 12.8 Å². The van der Waals surface area contributed by atoms with Crippen LogP contribution in [0.2, 0.25) is 0 Å². The molecule has 0 saturated heterocycles. The lowest BCUT2D eigenvalue weighted by molar-refractivity contribution is -0.152. The fraction of sp³-hybridized carbons (Fsp3) is 0.952. The zero-order valence-corrected chi connectivity index (χ0v) is 32.0. The summed E-state index contributed by atoms with van der Waals surface area (Å²) in [4.78, 5) is 24.0. The monoisotopic (exact) mass is 667 g/mol. The number of unbranched alkanes of at least 4 members (excludes halogenated alkanes) is 28. The molecule has 0 radical (unpaired) electrons. The molecule has 0 heterocycles. The number of rotatable bonds is 38. The van der Waals surface area contributed by atoms with Crippen LogP contribution in [-0.2, 0) is 19.1 Å². The van der Waals surface area contributed by atoms with E-state index in [1.165, 1.54) is 173 Å². The second kappa shape index (κ2) is 37.7. The first-order chi connectivity index (χ1) is 23.0. The molecule has 0 unspecified atom stereocenters. The third-order valence-corrected chi connectivity index (χ3v) is 9.52. The summed E-state index contributed by atoms with van der Waals surface area (Å²) in [6.07, 6.45) is 40.2. The Morgan fingerprint density at radius 3 is 0.957 bits per heavy atom. The predicted octanol–water partition coefficient (Wildman–Crippen LogP) is 13.0. The molecule has 0 aromatic rings. The van der Waals surface area contributed by atoms with Crippen molar-refractivity contribution in [2.45, 2.75) is 239 Å². The third-order valence-electron chi connectivity index (χ3n) is 9.52. The van der Waals surface area contributed by atoms with Gasteiger partial charge in [-0.05, 0) is 18.8 Å². The van der Waals surface area contributed by atoms with E-state index in [0.717, 1.165) is 31.6 Å². The minimum atomic E-state index is -0.955. The van der Waals surface area contributed by atoms with Crippen LogP contribution in [0.4, 0.5) is 0 Å². The van der Waals surface area contributed by atoms with Gasteiger partial charge in [-0.25, -0.2) is 0 Å². The van der Waals surface area contributed by atoms with Crippen molar-refractivity contribution in [2.75, 3.05) is 13.2 Å². The van der Waals surface area contributed by atoms with Gasteiger partial charge in [-0.1, -0.05) is 207 Å². The molecule has 5 nitrogen and oxygen atoms in total. The van der Waals surface area contributed by atoms with E-state index >= 15 is 0 Å². The maximum Gasteiger partial charge on any atom is 0.305 e. The molecule has 5 heteroatoms. The highest BCUT2D eigenvalue weighted by atomic mass is 16.6. The van der Waals surface area contributed by atoms with Gasteiger partial charge in [-0.15, -0.1) is 0 Å². The maximum absolute atomic E-state index is 12.0. The maximum atomic E-state index is 12.0. The molecule has 0 aliphatic heterocycles. The van der Waals surface area contributed by atoms with Crippen molar-refractivity contribution in [1.82, 2.24) is 0 Å². The molecular weight excluding hydrogens is 584 g/mol. The summed E-state index contributed by atoms with van der Waals surface area (Å²) in [5.41, 5.74) is 0. The number of hydrogen-bond donors (Lipinski definition) is 1. The third kappa shape index (κ3) is 39.2. The smallest absolute Gasteiger partial charge is 0.305 e. The summed E-state index contributed by atoms with van der Waals surface area (Å²) in [6.45, 7) is 6.69. The molecular formula is C42H82O5. The number of aliphatic hydroxyl groups is 1. The Balaban J connectivity index is 3.36. The zero-order chi connectivity index (χ0) is 34.5. The fourth-order valence-corrected chi connectivity index (χ4v) is 6.33. The van der Waals surface area contributed by atoms with Crippen molar-refractivity contribution in [2.24, 2.45) is 5.92 Å². The van der Waals surface area contributed by atoms with Gasteiger partial charge in [-0.2, -0.15) is 0 Å². The quantitative estimate of drug-likeness (QED) is 0.0524. The zero-order valence-electron chi connectivity index (χ0n) is 32.0. The number of aliphatic hydroxyl groups excluding tert-OH is 1. The molecule has 0 spiro atoms. The van der Waals surface area contributed by atoms with Gasteiger partial charge in [0.15, 0.2) is 0 Å². The van der Waals surface area contributed by atoms with Crippen LogP contribution >= 0.6 is 0 Å². The van der Waals surface area contributed by atoms with Crippen molar-refractivity contribution in [1.29, 1.82) is 0 Å². The van der Waals surface area contributed by atoms with Crippen LogP contribution < -0.4 is 0 Å². The van der Waals surface area contributed by atoms with E-state index in [2.05, 4.69) is 20.8 Å². The Bertz CT molecular complexity index is 649. The number of carbonyl (C=O) groups excluding carboxylic acids is 2. The summed E-state index contributed by atoms with van der Waals surface area (Å²) in [6, 6.07) is 0. The highest BCUT2D eigenvalue weighted by molar-refractivity contribution is 5.69. The van der Waals surface area contributed by atoms with Gasteiger partial charge in [0.2, 0.25) is 0 Å². The lowest BCUT2D eigenvalue weighted by Gasteiger charge is -2.12. The Labute approximate surface area is 293 Å². The van der Waals surface area contributed by atoms with Gasteiger partial charge in [0.05, 0.1) is 0 Å². The first-order valence-electron chi connectivity index (χ1n) is 20.9. The van der Waals surface area contributed by atoms with Gasteiger partial charge < -0.3 is 14.6 Å². The van der Waals surface area contributed by atoms with E-state index in [9.17, 15) is 14.7 Å². The van der Waals surface area contributed by atoms with Crippen molar-refractivity contribution in [3.63, 3.8) is 0 Å². The van der Waals surface area contributed by atoms with Crippen molar-refractivity contribution in [3.05, 3.63) is 0 Å². The van der Waals surface area contributed by atoms with E-state index in [1.807, 2.05) is 0 Å². The summed E-state index contributed by atoms with van der Waals surface area (Å²) < 4.78 is 10.4. The first-order valence-corrected chi connectivity index (χ1v) is 20.9. The molecule has 0 saturated carbocycles. The Morgan fingerprint density at radius 2 is 0.681 bits per heavy atom. The molecule has 1 atom stereocenters. The van der Waals surface area contributed by atoms with Gasteiger partial charge in [0.1, 0.15) is 19.3 Å². The molecule has 0 amide bonds. The number of carbonyl (C=O) groups is 2. The minimum absolute atomic E-state index is 0.108. The van der Waals surface area contributed by atoms with Crippen molar-refractivity contribution in [3.8, 4) is 0 Å². The molecule has 0 aliphatic carbocycles. The van der Waals surface area contributed by atoms with Gasteiger partial charge >= 0.3 is 11.9 Å². The first kappa shape index (κ1) is 45.9. The van der Waals surface area contributed by atoms with Gasteiger partial charge in [0.25, 0.3) is 0 Å². The lowest BCUT2D eigenvalue weighted by atomic mass is 10.0. The van der Waals surface area contributed by atoms with E-state index in [1.54, 1.807) is 0 Å². The summed E-state index contributed by atoms with van der Waals surface area (Å²) in [5, 5.41) is 10.0. The number of ether oxygens (including phenoxy) is 2. The molecule has 0 fully saturated rings. The van der Waals surface area contributed by atoms with E-state index < -0.39 is 6.10 Å². The summed E-state index contributed by atoms with van der Waals surface area (Å²) >= 11 is 0. The minimum Gasteiger partial charge on any atom is -0.463 e.